The minimum absolute atomic E-state index is 0.0112. The van der Waals surface area contributed by atoms with Gasteiger partial charge in [0, 0.05) is 6.20 Å². The van der Waals surface area contributed by atoms with Gasteiger partial charge in [0.25, 0.3) is 0 Å². The standard InChI is InChI=1S/C20H30BrN3O5Si/c1-19(2,3)30(7,8)29-18-15-14(27-20(4,5)28-15)17(26-18)24-10-13(21)12(9-22)16(24)23-11-25-6/h10-11,14-15,17-18H,1-8H3/b23-11+/t14-,15+,17-,18-/m1/s1. The van der Waals surface area contributed by atoms with Crippen LogP contribution in [0.1, 0.15) is 46.4 Å². The Balaban J connectivity index is 2.01. The van der Waals surface area contributed by atoms with Gasteiger partial charge in [-0.2, -0.15) is 5.26 Å². The van der Waals surface area contributed by atoms with E-state index in [1.807, 2.05) is 13.8 Å². The topological polar surface area (TPSA) is 87.2 Å². The number of nitrogens with zero attached hydrogens (tertiary/aromatic N) is 3. The molecule has 3 heterocycles. The zero-order valence-corrected chi connectivity index (χ0v) is 21.3. The largest absolute Gasteiger partial charge is 0.486 e. The van der Waals surface area contributed by atoms with Crippen LogP contribution in [-0.2, 0) is 23.4 Å². The molecule has 30 heavy (non-hydrogen) atoms. The van der Waals surface area contributed by atoms with Gasteiger partial charge in [0.1, 0.15) is 23.8 Å². The highest BCUT2D eigenvalue weighted by molar-refractivity contribution is 9.10. The summed E-state index contributed by atoms with van der Waals surface area (Å²) < 4.78 is 32.6. The second-order valence-corrected chi connectivity index (χ2v) is 15.1. The van der Waals surface area contributed by atoms with Crippen molar-refractivity contribution in [2.75, 3.05) is 7.11 Å². The van der Waals surface area contributed by atoms with Crippen LogP contribution in [0.2, 0.25) is 18.1 Å². The van der Waals surface area contributed by atoms with E-state index >= 15 is 0 Å². The van der Waals surface area contributed by atoms with Gasteiger partial charge in [0.15, 0.2) is 38.8 Å². The Kier molecular flexibility index (Phi) is 6.28. The van der Waals surface area contributed by atoms with E-state index in [0.717, 1.165) is 0 Å². The summed E-state index contributed by atoms with van der Waals surface area (Å²) in [5, 5.41) is 9.61. The summed E-state index contributed by atoms with van der Waals surface area (Å²) in [7, 11) is -0.635. The highest BCUT2D eigenvalue weighted by atomic mass is 79.9. The number of aliphatic imine (C=N–C) groups is 1. The maximum absolute atomic E-state index is 9.60. The van der Waals surface area contributed by atoms with Crippen LogP contribution in [0.5, 0.6) is 0 Å². The summed E-state index contributed by atoms with van der Waals surface area (Å²) >= 11 is 3.44. The van der Waals surface area contributed by atoms with Crippen LogP contribution >= 0.6 is 15.9 Å². The molecule has 0 bridgehead atoms. The fraction of sp³-hybridized carbons (Fsp3) is 0.700. The number of hydrogen-bond acceptors (Lipinski definition) is 7. The molecule has 166 valence electrons. The monoisotopic (exact) mass is 499 g/mol. The predicted molar refractivity (Wildman–Crippen MR) is 118 cm³/mol. The van der Waals surface area contributed by atoms with Crippen molar-refractivity contribution < 1.29 is 23.4 Å². The van der Waals surface area contributed by atoms with Gasteiger partial charge in [-0.15, -0.1) is 0 Å². The molecule has 0 unspecified atom stereocenters. The lowest BCUT2D eigenvalue weighted by atomic mass is 10.2. The van der Waals surface area contributed by atoms with Crippen LogP contribution < -0.4 is 0 Å². The molecule has 2 aliphatic rings. The molecular weight excluding hydrogens is 470 g/mol. The Bertz CT molecular complexity index is 871. The van der Waals surface area contributed by atoms with Crippen molar-refractivity contribution in [2.24, 2.45) is 4.99 Å². The maximum Gasteiger partial charge on any atom is 0.195 e. The highest BCUT2D eigenvalue weighted by Crippen LogP contribution is 2.48. The van der Waals surface area contributed by atoms with E-state index in [4.69, 9.17) is 23.4 Å². The average Bonchev–Trinajstić information content (AvgIpc) is 3.20. The van der Waals surface area contributed by atoms with Crippen molar-refractivity contribution in [2.45, 2.75) is 83.3 Å². The number of fused-ring (bicyclic) bond motifs is 1. The maximum atomic E-state index is 9.60. The van der Waals surface area contributed by atoms with Gasteiger partial charge in [-0.1, -0.05) is 20.8 Å². The fourth-order valence-electron chi connectivity index (χ4n) is 3.34. The quantitative estimate of drug-likeness (QED) is 0.327. The van der Waals surface area contributed by atoms with Crippen LogP contribution in [0.4, 0.5) is 5.82 Å². The van der Waals surface area contributed by atoms with Gasteiger partial charge in [-0.3, -0.25) is 0 Å². The van der Waals surface area contributed by atoms with E-state index in [1.54, 1.807) is 10.8 Å². The first-order valence-corrected chi connectivity index (χ1v) is 13.6. The number of aromatic nitrogens is 1. The molecule has 3 rings (SSSR count). The molecule has 2 saturated heterocycles. The van der Waals surface area contributed by atoms with Crippen LogP contribution in [-0.4, -0.2) is 50.7 Å². The van der Waals surface area contributed by atoms with Crippen molar-refractivity contribution in [3.8, 4) is 6.07 Å². The second kappa shape index (κ2) is 8.04. The molecule has 10 heteroatoms. The number of hydrogen-bond donors (Lipinski definition) is 0. The Morgan fingerprint density at radius 1 is 1.30 bits per heavy atom. The predicted octanol–water partition coefficient (Wildman–Crippen LogP) is 4.83. The van der Waals surface area contributed by atoms with E-state index in [1.165, 1.54) is 13.5 Å². The Morgan fingerprint density at radius 2 is 1.93 bits per heavy atom. The molecule has 0 radical (unpaired) electrons. The van der Waals surface area contributed by atoms with Crippen LogP contribution in [0.3, 0.4) is 0 Å². The molecule has 0 aromatic carbocycles. The van der Waals surface area contributed by atoms with Gasteiger partial charge in [0.05, 0.1) is 11.6 Å². The smallest absolute Gasteiger partial charge is 0.195 e. The van der Waals surface area contributed by atoms with Crippen molar-refractivity contribution in [3.05, 3.63) is 16.2 Å². The van der Waals surface area contributed by atoms with E-state index in [9.17, 15) is 5.26 Å². The first-order chi connectivity index (χ1) is 13.8. The Hall–Kier alpha value is -1.22. The van der Waals surface area contributed by atoms with Crippen molar-refractivity contribution in [1.29, 1.82) is 5.26 Å². The molecule has 1 aromatic heterocycles. The van der Waals surface area contributed by atoms with Crippen LogP contribution in [0.25, 0.3) is 0 Å². The summed E-state index contributed by atoms with van der Waals surface area (Å²) in [6, 6.07) is 2.17. The molecule has 2 aliphatic heterocycles. The molecule has 0 N–H and O–H groups in total. The van der Waals surface area contributed by atoms with Gasteiger partial charge >= 0.3 is 0 Å². The third-order valence-corrected chi connectivity index (χ3v) is 10.9. The lowest BCUT2D eigenvalue weighted by Crippen LogP contribution is -2.47. The number of rotatable bonds is 5. The first kappa shape index (κ1) is 23.4. The highest BCUT2D eigenvalue weighted by Gasteiger charge is 2.58. The summed E-state index contributed by atoms with van der Waals surface area (Å²) in [6.07, 6.45) is 1.07. The minimum atomic E-state index is -2.13. The van der Waals surface area contributed by atoms with E-state index in [2.05, 4.69) is 60.9 Å². The molecule has 4 atom stereocenters. The van der Waals surface area contributed by atoms with Gasteiger partial charge in [-0.05, 0) is 47.9 Å². The molecule has 1 aromatic rings. The minimum Gasteiger partial charge on any atom is -0.486 e. The zero-order valence-electron chi connectivity index (χ0n) is 18.7. The second-order valence-electron chi connectivity index (χ2n) is 9.50. The Labute approximate surface area is 187 Å². The average molecular weight is 500 g/mol. The Morgan fingerprint density at radius 3 is 2.50 bits per heavy atom. The van der Waals surface area contributed by atoms with E-state index in [0.29, 0.717) is 15.9 Å². The van der Waals surface area contributed by atoms with E-state index in [-0.39, 0.29) is 5.04 Å². The zero-order chi connectivity index (χ0) is 22.5. The SMILES string of the molecule is CO/C=N/c1c(C#N)c(Br)cn1[C@@H]1O[C@H](O[Si](C)(C)C(C)(C)C)[C@H]2OC(C)(C)O[C@H]21. The number of nitriles is 1. The third kappa shape index (κ3) is 4.24. The van der Waals surface area contributed by atoms with E-state index < -0.39 is 38.8 Å². The lowest BCUT2D eigenvalue weighted by Gasteiger charge is -2.39. The number of methoxy groups -OCH3 is 1. The molecule has 0 spiro atoms. The van der Waals surface area contributed by atoms with Crippen LogP contribution in [0.15, 0.2) is 15.7 Å². The van der Waals surface area contributed by atoms with Crippen LogP contribution in [0, 0.1) is 11.3 Å². The summed E-state index contributed by atoms with van der Waals surface area (Å²) in [5.74, 6) is -0.360. The molecule has 0 amide bonds. The van der Waals surface area contributed by atoms with Crippen molar-refractivity contribution in [3.63, 3.8) is 0 Å². The fourth-order valence-corrected chi connectivity index (χ4v) is 4.95. The molecule has 0 saturated carbocycles. The molecular formula is C20H30BrN3O5Si. The summed E-state index contributed by atoms with van der Waals surface area (Å²) in [4.78, 5) is 4.31. The third-order valence-electron chi connectivity index (χ3n) is 5.83. The summed E-state index contributed by atoms with van der Waals surface area (Å²) in [5.41, 5.74) is 0.385. The normalized spacial score (nSPS) is 28.7. The summed E-state index contributed by atoms with van der Waals surface area (Å²) in [6.45, 7) is 14.6. The van der Waals surface area contributed by atoms with Gasteiger partial charge < -0.3 is 27.9 Å². The number of halogens is 1. The lowest BCUT2D eigenvalue weighted by molar-refractivity contribution is -0.226. The van der Waals surface area contributed by atoms with Crippen molar-refractivity contribution >= 4 is 36.5 Å². The number of ether oxygens (including phenoxy) is 4. The van der Waals surface area contributed by atoms with Gasteiger partial charge in [-0.25, -0.2) is 4.99 Å². The first-order valence-electron chi connectivity index (χ1n) is 9.86. The van der Waals surface area contributed by atoms with Gasteiger partial charge in [0.2, 0.25) is 0 Å². The van der Waals surface area contributed by atoms with Crippen molar-refractivity contribution in [1.82, 2.24) is 4.57 Å². The molecule has 0 aliphatic carbocycles. The molecule has 2 fully saturated rings. The molecule has 8 nitrogen and oxygen atoms in total.